The Balaban J connectivity index is 1.83. The summed E-state index contributed by atoms with van der Waals surface area (Å²) < 4.78 is 0. The van der Waals surface area contributed by atoms with Crippen molar-refractivity contribution in [2.24, 2.45) is 5.92 Å². The summed E-state index contributed by atoms with van der Waals surface area (Å²) >= 11 is 0. The largest absolute Gasteiger partial charge is 0.366 e. The van der Waals surface area contributed by atoms with E-state index in [1.165, 1.54) is 24.9 Å². The second kappa shape index (κ2) is 5.16. The van der Waals surface area contributed by atoms with Crippen molar-refractivity contribution in [1.82, 2.24) is 5.32 Å². The number of hydrogen-bond donors (Lipinski definition) is 1. The predicted octanol–water partition coefficient (Wildman–Crippen LogP) is 3.00. The Morgan fingerprint density at radius 1 is 1.21 bits per heavy atom. The number of piperazine rings is 1. The first-order chi connectivity index (χ1) is 9.15. The molecular weight excluding hydrogens is 232 g/mol. The van der Waals surface area contributed by atoms with Crippen LogP contribution in [-0.2, 0) is 12.8 Å². The van der Waals surface area contributed by atoms with Crippen LogP contribution in [0.25, 0.3) is 0 Å². The first kappa shape index (κ1) is 13.0. The normalized spacial score (nSPS) is 26.8. The van der Waals surface area contributed by atoms with E-state index < -0.39 is 0 Å². The summed E-state index contributed by atoms with van der Waals surface area (Å²) in [4.78, 5) is 2.60. The number of nitrogens with one attached hydrogen (secondary N) is 1. The maximum absolute atomic E-state index is 3.68. The standard InChI is InChI=1S/C17H26N2/c1-12(2)17-11-19(13(3)10-18-17)16-8-7-14-5-4-6-15(14)9-16/h7-9,12-13,17-18H,4-6,10-11H2,1-3H3. The lowest BCUT2D eigenvalue weighted by Gasteiger charge is -2.42. The molecule has 2 nitrogen and oxygen atoms in total. The number of benzene rings is 1. The van der Waals surface area contributed by atoms with E-state index in [4.69, 9.17) is 0 Å². The third-order valence-corrected chi connectivity index (χ3v) is 4.82. The van der Waals surface area contributed by atoms with E-state index in [0.29, 0.717) is 18.0 Å². The van der Waals surface area contributed by atoms with Gasteiger partial charge in [0.05, 0.1) is 0 Å². The van der Waals surface area contributed by atoms with Gasteiger partial charge in [-0.3, -0.25) is 0 Å². The molecule has 1 aliphatic heterocycles. The third kappa shape index (κ3) is 2.51. The van der Waals surface area contributed by atoms with Crippen molar-refractivity contribution < 1.29 is 0 Å². The number of fused-ring (bicyclic) bond motifs is 1. The topological polar surface area (TPSA) is 15.3 Å². The molecule has 1 aliphatic carbocycles. The molecule has 2 atom stereocenters. The van der Waals surface area contributed by atoms with E-state index in [1.807, 2.05) is 0 Å². The first-order valence-electron chi connectivity index (χ1n) is 7.77. The average molecular weight is 258 g/mol. The highest BCUT2D eigenvalue weighted by atomic mass is 15.2. The molecule has 1 N–H and O–H groups in total. The lowest BCUT2D eigenvalue weighted by atomic mass is 9.98. The summed E-state index contributed by atoms with van der Waals surface area (Å²) in [7, 11) is 0. The van der Waals surface area contributed by atoms with Gasteiger partial charge in [-0.2, -0.15) is 0 Å². The molecule has 1 aromatic carbocycles. The monoisotopic (exact) mass is 258 g/mol. The van der Waals surface area contributed by atoms with E-state index in [9.17, 15) is 0 Å². The summed E-state index contributed by atoms with van der Waals surface area (Å²) in [5.41, 5.74) is 4.59. The maximum Gasteiger partial charge on any atom is 0.0387 e. The van der Waals surface area contributed by atoms with Gasteiger partial charge in [-0.15, -0.1) is 0 Å². The van der Waals surface area contributed by atoms with Crippen LogP contribution in [0.15, 0.2) is 18.2 Å². The van der Waals surface area contributed by atoms with E-state index in [1.54, 1.807) is 11.1 Å². The maximum atomic E-state index is 3.68. The van der Waals surface area contributed by atoms with Gasteiger partial charge in [0.25, 0.3) is 0 Å². The van der Waals surface area contributed by atoms with Crippen LogP contribution in [0.1, 0.15) is 38.3 Å². The molecule has 1 fully saturated rings. The molecule has 2 heteroatoms. The summed E-state index contributed by atoms with van der Waals surface area (Å²) in [6.07, 6.45) is 3.89. The highest BCUT2D eigenvalue weighted by molar-refractivity contribution is 5.53. The van der Waals surface area contributed by atoms with Gasteiger partial charge >= 0.3 is 0 Å². The van der Waals surface area contributed by atoms with Gasteiger partial charge in [-0.25, -0.2) is 0 Å². The molecular formula is C17H26N2. The molecule has 0 radical (unpaired) electrons. The van der Waals surface area contributed by atoms with Crippen LogP contribution < -0.4 is 10.2 Å². The Labute approximate surface area is 117 Å². The Hall–Kier alpha value is -1.02. The summed E-state index contributed by atoms with van der Waals surface area (Å²) in [5, 5.41) is 3.68. The molecule has 0 bridgehead atoms. The van der Waals surface area contributed by atoms with Gasteiger partial charge in [0.15, 0.2) is 0 Å². The minimum Gasteiger partial charge on any atom is -0.366 e. The average Bonchev–Trinajstić information content (AvgIpc) is 2.86. The van der Waals surface area contributed by atoms with E-state index >= 15 is 0 Å². The zero-order valence-electron chi connectivity index (χ0n) is 12.4. The summed E-state index contributed by atoms with van der Waals surface area (Å²) in [6, 6.07) is 8.35. The van der Waals surface area contributed by atoms with Crippen LogP contribution in [0, 0.1) is 5.92 Å². The molecule has 104 valence electrons. The number of rotatable bonds is 2. The van der Waals surface area contributed by atoms with Gasteiger partial charge in [0, 0.05) is 30.9 Å². The van der Waals surface area contributed by atoms with Crippen LogP contribution in [0.4, 0.5) is 5.69 Å². The fourth-order valence-corrected chi connectivity index (χ4v) is 3.43. The van der Waals surface area contributed by atoms with Crippen LogP contribution in [-0.4, -0.2) is 25.2 Å². The molecule has 1 saturated heterocycles. The van der Waals surface area contributed by atoms with Crippen LogP contribution in [0.2, 0.25) is 0 Å². The number of anilines is 1. The fraction of sp³-hybridized carbons (Fsp3) is 0.647. The Kier molecular flexibility index (Phi) is 3.53. The van der Waals surface area contributed by atoms with Crippen molar-refractivity contribution in [2.45, 2.75) is 52.1 Å². The second-order valence-electron chi connectivity index (χ2n) is 6.57. The first-order valence-corrected chi connectivity index (χ1v) is 7.77. The molecule has 1 heterocycles. The molecule has 0 amide bonds. The van der Waals surface area contributed by atoms with E-state index in [2.05, 4.69) is 49.2 Å². The van der Waals surface area contributed by atoms with E-state index in [-0.39, 0.29) is 0 Å². The molecule has 3 rings (SSSR count). The smallest absolute Gasteiger partial charge is 0.0387 e. The van der Waals surface area contributed by atoms with Gasteiger partial charge in [0.2, 0.25) is 0 Å². The second-order valence-corrected chi connectivity index (χ2v) is 6.57. The molecule has 1 aromatic rings. The molecule has 0 saturated carbocycles. The van der Waals surface area contributed by atoms with Gasteiger partial charge in [-0.1, -0.05) is 19.9 Å². The molecule has 19 heavy (non-hydrogen) atoms. The Morgan fingerprint density at radius 2 is 2.00 bits per heavy atom. The molecule has 0 aromatic heterocycles. The lowest BCUT2D eigenvalue weighted by Crippen LogP contribution is -2.57. The van der Waals surface area contributed by atoms with Crippen molar-refractivity contribution in [3.8, 4) is 0 Å². The number of aryl methyl sites for hydroxylation is 2. The zero-order valence-corrected chi connectivity index (χ0v) is 12.4. The van der Waals surface area contributed by atoms with Crippen molar-refractivity contribution in [1.29, 1.82) is 0 Å². The highest BCUT2D eigenvalue weighted by Gasteiger charge is 2.27. The van der Waals surface area contributed by atoms with Crippen LogP contribution >= 0.6 is 0 Å². The number of hydrogen-bond acceptors (Lipinski definition) is 2. The number of nitrogens with zero attached hydrogens (tertiary/aromatic N) is 1. The molecule has 2 unspecified atom stereocenters. The van der Waals surface area contributed by atoms with Crippen molar-refractivity contribution in [2.75, 3.05) is 18.0 Å². The summed E-state index contributed by atoms with van der Waals surface area (Å²) in [6.45, 7) is 9.19. The quantitative estimate of drug-likeness (QED) is 0.877. The van der Waals surface area contributed by atoms with E-state index in [0.717, 1.165) is 13.1 Å². The highest BCUT2D eigenvalue weighted by Crippen LogP contribution is 2.29. The van der Waals surface area contributed by atoms with Crippen LogP contribution in [0.3, 0.4) is 0 Å². The Morgan fingerprint density at radius 3 is 2.79 bits per heavy atom. The van der Waals surface area contributed by atoms with Crippen molar-refractivity contribution in [3.05, 3.63) is 29.3 Å². The fourth-order valence-electron chi connectivity index (χ4n) is 3.43. The predicted molar refractivity (Wildman–Crippen MR) is 81.9 cm³/mol. The molecule has 0 spiro atoms. The minimum atomic E-state index is 0.592. The summed E-state index contributed by atoms with van der Waals surface area (Å²) in [5.74, 6) is 0.699. The SMILES string of the molecule is CC(C)C1CN(c2ccc3c(c2)CCC3)C(C)CN1. The van der Waals surface area contributed by atoms with Gasteiger partial charge in [-0.05, 0) is 55.4 Å². The molecule has 2 aliphatic rings. The van der Waals surface area contributed by atoms with Crippen molar-refractivity contribution >= 4 is 5.69 Å². The Bertz CT molecular complexity index is 453. The lowest BCUT2D eigenvalue weighted by molar-refractivity contribution is 0.337. The van der Waals surface area contributed by atoms with Crippen LogP contribution in [0.5, 0.6) is 0 Å². The van der Waals surface area contributed by atoms with Crippen molar-refractivity contribution in [3.63, 3.8) is 0 Å². The minimum absolute atomic E-state index is 0.592. The van der Waals surface area contributed by atoms with Gasteiger partial charge in [0.1, 0.15) is 0 Å². The third-order valence-electron chi connectivity index (χ3n) is 4.82. The van der Waals surface area contributed by atoms with Gasteiger partial charge < -0.3 is 10.2 Å². The zero-order chi connectivity index (χ0) is 13.4.